The summed E-state index contributed by atoms with van der Waals surface area (Å²) in [5, 5.41) is 7.83. The second-order valence-electron chi connectivity index (χ2n) is 6.34. The molecule has 0 radical (unpaired) electrons. The van der Waals surface area contributed by atoms with Crippen LogP contribution in [0.4, 0.5) is 10.5 Å². The van der Waals surface area contributed by atoms with Gasteiger partial charge in [0.2, 0.25) is 0 Å². The Hall–Kier alpha value is -2.05. The van der Waals surface area contributed by atoms with Crippen molar-refractivity contribution < 1.29 is 9.53 Å². The maximum Gasteiger partial charge on any atom is 0.319 e. The van der Waals surface area contributed by atoms with Crippen molar-refractivity contribution in [3.05, 3.63) is 46.7 Å². The first-order chi connectivity index (χ1) is 12.2. The predicted molar refractivity (Wildman–Crippen MR) is 102 cm³/mol. The van der Waals surface area contributed by atoms with Gasteiger partial charge in [0.1, 0.15) is 12.4 Å². The van der Waals surface area contributed by atoms with E-state index in [1.54, 1.807) is 11.3 Å². The fourth-order valence-electron chi connectivity index (χ4n) is 3.06. The fraction of sp³-hybridized carbons (Fsp3) is 0.421. The second-order valence-corrected chi connectivity index (χ2v) is 7.37. The fourth-order valence-corrected chi connectivity index (χ4v) is 3.67. The smallest absolute Gasteiger partial charge is 0.319 e. The van der Waals surface area contributed by atoms with Crippen LogP contribution in [0.1, 0.15) is 24.1 Å². The summed E-state index contributed by atoms with van der Waals surface area (Å²) in [6, 6.07) is 12.0. The zero-order valence-electron chi connectivity index (χ0n) is 14.5. The van der Waals surface area contributed by atoms with Gasteiger partial charge in [-0.2, -0.15) is 0 Å². The molecule has 6 heteroatoms. The van der Waals surface area contributed by atoms with E-state index in [1.807, 2.05) is 41.8 Å². The van der Waals surface area contributed by atoms with Crippen molar-refractivity contribution in [2.24, 2.45) is 0 Å². The molecule has 0 spiro atoms. The third kappa shape index (κ3) is 5.47. The SMILES string of the molecule is CN1CCC[C@H]1CCNC(=O)Nc1ccc(OCc2cccs2)cc1. The molecule has 0 aliphatic carbocycles. The lowest BCUT2D eigenvalue weighted by Gasteiger charge is -2.19. The Labute approximate surface area is 153 Å². The number of hydrogen-bond donors (Lipinski definition) is 2. The summed E-state index contributed by atoms with van der Waals surface area (Å²) in [4.78, 5) is 15.5. The second kappa shape index (κ2) is 8.87. The van der Waals surface area contributed by atoms with E-state index >= 15 is 0 Å². The van der Waals surface area contributed by atoms with Crippen LogP contribution in [-0.2, 0) is 6.61 Å². The van der Waals surface area contributed by atoms with Gasteiger partial charge < -0.3 is 20.3 Å². The summed E-state index contributed by atoms with van der Waals surface area (Å²) in [5.41, 5.74) is 0.763. The van der Waals surface area contributed by atoms with Crippen LogP contribution in [-0.4, -0.2) is 37.1 Å². The van der Waals surface area contributed by atoms with Gasteiger partial charge in [0.15, 0.2) is 0 Å². The molecule has 1 aliphatic rings. The first kappa shape index (κ1) is 17.8. The predicted octanol–water partition coefficient (Wildman–Crippen LogP) is 3.93. The number of likely N-dealkylation sites (tertiary alicyclic amines) is 1. The van der Waals surface area contributed by atoms with Crippen LogP contribution in [0.3, 0.4) is 0 Å². The molecule has 3 rings (SSSR count). The maximum absolute atomic E-state index is 12.0. The van der Waals surface area contributed by atoms with Crippen LogP contribution in [0.2, 0.25) is 0 Å². The number of ether oxygens (including phenoxy) is 1. The molecule has 2 aromatic rings. The first-order valence-corrected chi connectivity index (χ1v) is 9.59. The summed E-state index contributed by atoms with van der Waals surface area (Å²) in [6.07, 6.45) is 3.49. The molecule has 0 bridgehead atoms. The molecule has 1 aromatic heterocycles. The van der Waals surface area contributed by atoms with Crippen molar-refractivity contribution in [3.8, 4) is 5.75 Å². The highest BCUT2D eigenvalue weighted by Gasteiger charge is 2.20. The van der Waals surface area contributed by atoms with Gasteiger partial charge in [-0.1, -0.05) is 6.07 Å². The molecule has 1 fully saturated rings. The van der Waals surface area contributed by atoms with Crippen LogP contribution in [0, 0.1) is 0 Å². The Morgan fingerprint density at radius 3 is 2.84 bits per heavy atom. The number of urea groups is 1. The van der Waals surface area contributed by atoms with E-state index in [1.165, 1.54) is 17.7 Å². The average molecular weight is 359 g/mol. The van der Waals surface area contributed by atoms with E-state index < -0.39 is 0 Å². The lowest BCUT2D eigenvalue weighted by molar-refractivity contribution is 0.248. The summed E-state index contributed by atoms with van der Waals surface area (Å²) in [6.45, 7) is 2.43. The minimum absolute atomic E-state index is 0.159. The number of thiophene rings is 1. The Bertz CT molecular complexity index is 658. The van der Waals surface area contributed by atoms with E-state index in [2.05, 4.69) is 22.6 Å². The number of nitrogens with one attached hydrogen (secondary N) is 2. The minimum Gasteiger partial charge on any atom is -0.488 e. The Balaban J connectivity index is 1.37. The molecule has 0 saturated carbocycles. The zero-order chi connectivity index (χ0) is 17.5. The van der Waals surface area contributed by atoms with E-state index in [0.29, 0.717) is 19.2 Å². The zero-order valence-corrected chi connectivity index (χ0v) is 15.3. The molecule has 0 unspecified atom stereocenters. The number of carbonyl (C=O) groups is 1. The Morgan fingerprint density at radius 2 is 2.16 bits per heavy atom. The van der Waals surface area contributed by atoms with Crippen LogP contribution >= 0.6 is 11.3 Å². The molecule has 2 amide bonds. The lowest BCUT2D eigenvalue weighted by atomic mass is 10.1. The van der Waals surface area contributed by atoms with Gasteiger partial charge in [-0.15, -0.1) is 11.3 Å². The van der Waals surface area contributed by atoms with Crippen LogP contribution in [0.5, 0.6) is 5.75 Å². The number of amides is 2. The molecule has 1 aromatic carbocycles. The quantitative estimate of drug-likeness (QED) is 0.787. The maximum atomic E-state index is 12.0. The van der Waals surface area contributed by atoms with Gasteiger partial charge in [0.05, 0.1) is 0 Å². The standard InChI is InChI=1S/C19H25N3O2S/c1-22-12-2-4-16(22)10-11-20-19(23)21-15-6-8-17(9-7-15)24-14-18-5-3-13-25-18/h3,5-9,13,16H,2,4,10-12,14H2,1H3,(H2,20,21,23)/t16-/m0/s1. The van der Waals surface area contributed by atoms with Gasteiger partial charge in [-0.05, 0) is 68.6 Å². The average Bonchev–Trinajstić information content (AvgIpc) is 3.26. The van der Waals surface area contributed by atoms with Crippen molar-refractivity contribution in [3.63, 3.8) is 0 Å². The summed E-state index contributed by atoms with van der Waals surface area (Å²) >= 11 is 1.68. The number of rotatable bonds is 7. The van der Waals surface area contributed by atoms with Crippen molar-refractivity contribution >= 4 is 23.1 Å². The van der Waals surface area contributed by atoms with Gasteiger partial charge in [-0.25, -0.2) is 4.79 Å². The molecule has 2 heterocycles. The molecule has 2 N–H and O–H groups in total. The minimum atomic E-state index is -0.159. The molecule has 1 aliphatic heterocycles. The number of hydrogen-bond acceptors (Lipinski definition) is 4. The Morgan fingerprint density at radius 1 is 1.32 bits per heavy atom. The molecule has 134 valence electrons. The van der Waals surface area contributed by atoms with Gasteiger partial charge in [-0.3, -0.25) is 0 Å². The highest BCUT2D eigenvalue weighted by molar-refractivity contribution is 7.09. The topological polar surface area (TPSA) is 53.6 Å². The summed E-state index contributed by atoms with van der Waals surface area (Å²) < 4.78 is 5.72. The lowest BCUT2D eigenvalue weighted by Crippen LogP contribution is -2.34. The van der Waals surface area contributed by atoms with Gasteiger partial charge in [0.25, 0.3) is 0 Å². The van der Waals surface area contributed by atoms with Crippen molar-refractivity contribution in [2.75, 3.05) is 25.5 Å². The van der Waals surface area contributed by atoms with Gasteiger partial charge in [0, 0.05) is 23.2 Å². The van der Waals surface area contributed by atoms with Crippen molar-refractivity contribution in [1.29, 1.82) is 0 Å². The van der Waals surface area contributed by atoms with Crippen LogP contribution < -0.4 is 15.4 Å². The van der Waals surface area contributed by atoms with Crippen molar-refractivity contribution in [2.45, 2.75) is 31.9 Å². The normalized spacial score (nSPS) is 17.4. The molecule has 1 saturated heterocycles. The molecular weight excluding hydrogens is 334 g/mol. The van der Waals surface area contributed by atoms with E-state index in [-0.39, 0.29) is 6.03 Å². The largest absolute Gasteiger partial charge is 0.488 e. The van der Waals surface area contributed by atoms with E-state index in [9.17, 15) is 4.79 Å². The molecule has 1 atom stereocenters. The third-order valence-electron chi connectivity index (χ3n) is 4.51. The summed E-state index contributed by atoms with van der Waals surface area (Å²) in [5.74, 6) is 0.795. The summed E-state index contributed by atoms with van der Waals surface area (Å²) in [7, 11) is 2.15. The first-order valence-electron chi connectivity index (χ1n) is 8.71. The van der Waals surface area contributed by atoms with Gasteiger partial charge >= 0.3 is 6.03 Å². The van der Waals surface area contributed by atoms with E-state index in [0.717, 1.165) is 24.4 Å². The van der Waals surface area contributed by atoms with Crippen LogP contribution in [0.15, 0.2) is 41.8 Å². The Kier molecular flexibility index (Phi) is 6.30. The van der Waals surface area contributed by atoms with Crippen LogP contribution in [0.25, 0.3) is 0 Å². The van der Waals surface area contributed by atoms with E-state index in [4.69, 9.17) is 4.74 Å². The molecule has 25 heavy (non-hydrogen) atoms. The monoisotopic (exact) mass is 359 g/mol. The third-order valence-corrected chi connectivity index (χ3v) is 5.36. The van der Waals surface area contributed by atoms with Crippen molar-refractivity contribution in [1.82, 2.24) is 10.2 Å². The number of benzene rings is 1. The number of carbonyl (C=O) groups excluding carboxylic acids is 1. The highest BCUT2D eigenvalue weighted by Crippen LogP contribution is 2.19. The highest BCUT2D eigenvalue weighted by atomic mass is 32.1. The molecule has 5 nitrogen and oxygen atoms in total. The number of nitrogens with zero attached hydrogens (tertiary/aromatic N) is 1. The molecular formula is C19H25N3O2S. The number of anilines is 1.